The molecule has 4 heteroatoms. The lowest BCUT2D eigenvalue weighted by atomic mass is 10.2. The minimum atomic E-state index is -0.453. The molecule has 1 aliphatic heterocycles. The van der Waals surface area contributed by atoms with E-state index in [1.54, 1.807) is 0 Å². The number of alkyl carbamates (subject to hydrolysis) is 1. The Morgan fingerprint density at radius 2 is 2.07 bits per heavy atom. The normalized spacial score (nSPS) is 26.1. The first kappa shape index (κ1) is 12.0. The van der Waals surface area contributed by atoms with Gasteiger partial charge in [0.25, 0.3) is 0 Å². The second-order valence-electron chi connectivity index (χ2n) is 4.93. The van der Waals surface area contributed by atoms with Crippen molar-refractivity contribution in [2.45, 2.75) is 52.3 Å². The Hall–Kier alpha value is -1.03. The number of hydrogen-bond donors (Lipinski definition) is 2. The van der Waals surface area contributed by atoms with E-state index in [-0.39, 0.29) is 6.04 Å². The summed E-state index contributed by atoms with van der Waals surface area (Å²) in [6.45, 7) is 9.59. The fourth-order valence-corrected chi connectivity index (χ4v) is 1.52. The van der Waals surface area contributed by atoms with Crippen molar-refractivity contribution in [2.75, 3.05) is 0 Å². The van der Waals surface area contributed by atoms with Crippen LogP contribution in [0.3, 0.4) is 0 Å². The Morgan fingerprint density at radius 1 is 1.47 bits per heavy atom. The minimum Gasteiger partial charge on any atom is -0.444 e. The monoisotopic (exact) mass is 212 g/mol. The molecule has 1 aliphatic rings. The van der Waals surface area contributed by atoms with Gasteiger partial charge in [-0.25, -0.2) is 4.79 Å². The van der Waals surface area contributed by atoms with Crippen LogP contribution in [-0.4, -0.2) is 23.8 Å². The molecule has 0 bridgehead atoms. The summed E-state index contributed by atoms with van der Waals surface area (Å²) in [7, 11) is 0. The lowest BCUT2D eigenvalue weighted by Gasteiger charge is -2.20. The third-order valence-electron chi connectivity index (χ3n) is 2.05. The number of rotatable bonds is 1. The van der Waals surface area contributed by atoms with E-state index in [1.165, 1.54) is 0 Å². The van der Waals surface area contributed by atoms with Crippen LogP contribution in [0.5, 0.6) is 0 Å². The summed E-state index contributed by atoms with van der Waals surface area (Å²) >= 11 is 0. The van der Waals surface area contributed by atoms with Crippen molar-refractivity contribution in [1.29, 1.82) is 0 Å². The standard InChI is InChI=1S/C11H20N2O2/c1-7-6-9(8(2)12-7)13-10(14)15-11(3,4)5/h6-8,12H,1-5H3,(H,13,14)/t7?,8-/m1/s1. The van der Waals surface area contributed by atoms with Crippen LogP contribution in [0.4, 0.5) is 4.79 Å². The lowest BCUT2D eigenvalue weighted by Crippen LogP contribution is -2.36. The highest BCUT2D eigenvalue weighted by Gasteiger charge is 2.23. The van der Waals surface area contributed by atoms with Gasteiger partial charge in [0, 0.05) is 17.8 Å². The molecule has 0 aliphatic carbocycles. The maximum Gasteiger partial charge on any atom is 0.411 e. The highest BCUT2D eigenvalue weighted by Crippen LogP contribution is 2.12. The predicted molar refractivity (Wildman–Crippen MR) is 59.5 cm³/mol. The molecule has 1 rings (SSSR count). The number of nitrogens with one attached hydrogen (secondary N) is 2. The second kappa shape index (κ2) is 4.23. The van der Waals surface area contributed by atoms with Crippen LogP contribution in [0.1, 0.15) is 34.6 Å². The molecule has 0 radical (unpaired) electrons. The van der Waals surface area contributed by atoms with Crippen molar-refractivity contribution < 1.29 is 9.53 Å². The van der Waals surface area contributed by atoms with Crippen LogP contribution in [0.15, 0.2) is 11.8 Å². The molecule has 2 atom stereocenters. The number of carbonyl (C=O) groups excluding carboxylic acids is 1. The van der Waals surface area contributed by atoms with Gasteiger partial charge in [-0.05, 0) is 40.7 Å². The van der Waals surface area contributed by atoms with Crippen molar-refractivity contribution in [2.24, 2.45) is 0 Å². The number of amides is 1. The third kappa shape index (κ3) is 3.91. The van der Waals surface area contributed by atoms with Gasteiger partial charge >= 0.3 is 6.09 Å². The molecule has 2 N–H and O–H groups in total. The van der Waals surface area contributed by atoms with E-state index in [9.17, 15) is 4.79 Å². The fourth-order valence-electron chi connectivity index (χ4n) is 1.52. The second-order valence-corrected chi connectivity index (χ2v) is 4.93. The van der Waals surface area contributed by atoms with Gasteiger partial charge < -0.3 is 10.1 Å². The summed E-state index contributed by atoms with van der Waals surface area (Å²) in [6.07, 6.45) is 1.60. The minimum absolute atomic E-state index is 0.174. The van der Waals surface area contributed by atoms with Crippen LogP contribution in [0.25, 0.3) is 0 Å². The molecular formula is C11H20N2O2. The molecule has 0 fully saturated rings. The van der Waals surface area contributed by atoms with E-state index in [2.05, 4.69) is 10.6 Å². The summed E-state index contributed by atoms with van der Waals surface area (Å²) in [5, 5.41) is 6.03. The molecule has 1 unspecified atom stereocenters. The van der Waals surface area contributed by atoms with Gasteiger partial charge in [-0.3, -0.25) is 5.32 Å². The van der Waals surface area contributed by atoms with Crippen LogP contribution in [-0.2, 0) is 4.74 Å². The zero-order valence-electron chi connectivity index (χ0n) is 10.0. The molecule has 4 nitrogen and oxygen atoms in total. The molecule has 0 saturated carbocycles. The summed E-state index contributed by atoms with van der Waals surface area (Å²) in [5.41, 5.74) is 0.433. The molecule has 0 aromatic heterocycles. The Bertz CT molecular complexity index is 279. The fraction of sp³-hybridized carbons (Fsp3) is 0.727. The highest BCUT2D eigenvalue weighted by molar-refractivity contribution is 5.70. The van der Waals surface area contributed by atoms with Crippen molar-refractivity contribution in [3.63, 3.8) is 0 Å². The summed E-state index contributed by atoms with van der Waals surface area (Å²) < 4.78 is 5.16. The Kier molecular flexibility index (Phi) is 3.39. The van der Waals surface area contributed by atoms with Crippen molar-refractivity contribution in [3.05, 3.63) is 11.8 Å². The zero-order chi connectivity index (χ0) is 11.6. The van der Waals surface area contributed by atoms with Crippen molar-refractivity contribution >= 4 is 6.09 Å². The van der Waals surface area contributed by atoms with Crippen LogP contribution >= 0.6 is 0 Å². The van der Waals surface area contributed by atoms with Crippen LogP contribution in [0.2, 0.25) is 0 Å². The largest absolute Gasteiger partial charge is 0.444 e. The molecule has 1 heterocycles. The van der Waals surface area contributed by atoms with E-state index in [1.807, 2.05) is 40.7 Å². The smallest absolute Gasteiger partial charge is 0.411 e. The predicted octanol–water partition coefficient (Wildman–Crippen LogP) is 1.78. The Labute approximate surface area is 91.1 Å². The van der Waals surface area contributed by atoms with Gasteiger partial charge in [0.1, 0.15) is 5.60 Å². The number of hydrogen-bond acceptors (Lipinski definition) is 3. The van der Waals surface area contributed by atoms with E-state index in [0.29, 0.717) is 6.04 Å². The first-order valence-corrected chi connectivity index (χ1v) is 5.26. The average Bonchev–Trinajstić information content (AvgIpc) is 2.25. The number of carbonyl (C=O) groups is 1. The Balaban J connectivity index is 2.49. The van der Waals surface area contributed by atoms with Gasteiger partial charge in [0.2, 0.25) is 0 Å². The quantitative estimate of drug-likeness (QED) is 0.696. The van der Waals surface area contributed by atoms with Crippen LogP contribution in [0, 0.1) is 0 Å². The average molecular weight is 212 g/mol. The van der Waals surface area contributed by atoms with Crippen LogP contribution < -0.4 is 10.6 Å². The summed E-state index contributed by atoms with van der Waals surface area (Å²) in [6, 6.07) is 0.470. The first-order valence-electron chi connectivity index (χ1n) is 5.26. The SMILES string of the molecule is CC1C=C(NC(=O)OC(C)(C)C)[C@@H](C)N1. The molecule has 0 saturated heterocycles. The molecule has 86 valence electrons. The van der Waals surface area contributed by atoms with E-state index in [4.69, 9.17) is 4.74 Å². The van der Waals surface area contributed by atoms with Gasteiger partial charge in [-0.1, -0.05) is 0 Å². The molecule has 0 aromatic rings. The van der Waals surface area contributed by atoms with Crippen molar-refractivity contribution in [3.8, 4) is 0 Å². The first-order chi connectivity index (χ1) is 6.78. The van der Waals surface area contributed by atoms with E-state index in [0.717, 1.165) is 5.70 Å². The van der Waals surface area contributed by atoms with Crippen molar-refractivity contribution in [1.82, 2.24) is 10.6 Å². The van der Waals surface area contributed by atoms with Gasteiger partial charge in [-0.2, -0.15) is 0 Å². The highest BCUT2D eigenvalue weighted by atomic mass is 16.6. The van der Waals surface area contributed by atoms with E-state index < -0.39 is 11.7 Å². The lowest BCUT2D eigenvalue weighted by molar-refractivity contribution is 0.0543. The Morgan fingerprint density at radius 3 is 2.47 bits per heavy atom. The summed E-state index contributed by atoms with van der Waals surface area (Å²) in [5.74, 6) is 0. The molecule has 1 amide bonds. The molecule has 0 aromatic carbocycles. The van der Waals surface area contributed by atoms with Gasteiger partial charge in [0.15, 0.2) is 0 Å². The molecular weight excluding hydrogens is 192 g/mol. The zero-order valence-corrected chi connectivity index (χ0v) is 10.0. The maximum atomic E-state index is 11.5. The number of ether oxygens (including phenoxy) is 1. The van der Waals surface area contributed by atoms with Gasteiger partial charge in [0.05, 0.1) is 0 Å². The third-order valence-corrected chi connectivity index (χ3v) is 2.05. The topological polar surface area (TPSA) is 50.4 Å². The molecule has 0 spiro atoms. The van der Waals surface area contributed by atoms with Gasteiger partial charge in [-0.15, -0.1) is 0 Å². The maximum absolute atomic E-state index is 11.5. The van der Waals surface area contributed by atoms with E-state index >= 15 is 0 Å². The molecule has 15 heavy (non-hydrogen) atoms. The summed E-state index contributed by atoms with van der Waals surface area (Å²) in [4.78, 5) is 11.5.